The minimum absolute atomic E-state index is 0.552. The number of hydrogen-bond donors (Lipinski definition) is 2. The SMILES string of the molecule is CNC(C)(CCN1CC(C)CC(C)C1C)C(=O)O. The zero-order valence-electron chi connectivity index (χ0n) is 12.4. The Kier molecular flexibility index (Phi) is 5.17. The second kappa shape index (κ2) is 6.02. The van der Waals surface area contributed by atoms with Crippen LogP contribution in [0.1, 0.15) is 40.5 Å². The fourth-order valence-corrected chi connectivity index (χ4v) is 2.83. The molecule has 0 bridgehead atoms. The van der Waals surface area contributed by atoms with Crippen LogP contribution >= 0.6 is 0 Å². The number of carbonyl (C=O) groups is 1. The Bertz CT molecular complexity index is 296. The number of likely N-dealkylation sites (tertiary alicyclic amines) is 1. The molecule has 4 atom stereocenters. The molecule has 4 nitrogen and oxygen atoms in total. The van der Waals surface area contributed by atoms with Crippen molar-refractivity contribution in [1.82, 2.24) is 10.2 Å². The number of likely N-dealkylation sites (N-methyl/N-ethyl adjacent to an activating group) is 1. The normalized spacial score (nSPS) is 33.1. The number of carboxylic acid groups (broad SMARTS) is 1. The smallest absolute Gasteiger partial charge is 0.323 e. The predicted molar refractivity (Wildman–Crippen MR) is 73.7 cm³/mol. The van der Waals surface area contributed by atoms with Gasteiger partial charge in [0.05, 0.1) is 0 Å². The van der Waals surface area contributed by atoms with Crippen molar-refractivity contribution in [1.29, 1.82) is 0 Å². The zero-order valence-corrected chi connectivity index (χ0v) is 12.4. The lowest BCUT2D eigenvalue weighted by atomic mass is 9.85. The first kappa shape index (κ1) is 15.4. The first-order valence-electron chi connectivity index (χ1n) is 6.96. The molecule has 1 rings (SSSR count). The summed E-state index contributed by atoms with van der Waals surface area (Å²) < 4.78 is 0. The molecule has 0 radical (unpaired) electrons. The number of piperidine rings is 1. The Hall–Kier alpha value is -0.610. The Morgan fingerprint density at radius 2 is 2.06 bits per heavy atom. The van der Waals surface area contributed by atoms with Crippen molar-refractivity contribution in [2.24, 2.45) is 11.8 Å². The van der Waals surface area contributed by atoms with Gasteiger partial charge < -0.3 is 15.3 Å². The number of carboxylic acids is 1. The lowest BCUT2D eigenvalue weighted by molar-refractivity contribution is -0.144. The summed E-state index contributed by atoms with van der Waals surface area (Å²) in [5.41, 5.74) is -0.816. The topological polar surface area (TPSA) is 52.6 Å². The molecule has 0 aromatic carbocycles. The van der Waals surface area contributed by atoms with E-state index in [4.69, 9.17) is 0 Å². The van der Waals surface area contributed by atoms with Gasteiger partial charge in [-0.2, -0.15) is 0 Å². The van der Waals surface area contributed by atoms with Crippen LogP contribution in [-0.4, -0.2) is 47.7 Å². The van der Waals surface area contributed by atoms with Gasteiger partial charge in [0.2, 0.25) is 0 Å². The van der Waals surface area contributed by atoms with Gasteiger partial charge in [-0.05, 0) is 45.6 Å². The van der Waals surface area contributed by atoms with Crippen LogP contribution in [0.4, 0.5) is 0 Å². The minimum Gasteiger partial charge on any atom is -0.480 e. The van der Waals surface area contributed by atoms with Gasteiger partial charge in [-0.15, -0.1) is 0 Å². The number of rotatable bonds is 5. The number of aliphatic carboxylic acids is 1. The molecule has 106 valence electrons. The van der Waals surface area contributed by atoms with E-state index in [2.05, 4.69) is 31.0 Å². The molecular weight excluding hydrogens is 228 g/mol. The molecule has 0 aromatic heterocycles. The van der Waals surface area contributed by atoms with Gasteiger partial charge in [0.25, 0.3) is 0 Å². The maximum Gasteiger partial charge on any atom is 0.323 e. The van der Waals surface area contributed by atoms with Crippen LogP contribution in [0.15, 0.2) is 0 Å². The highest BCUT2D eigenvalue weighted by atomic mass is 16.4. The standard InChI is InChI=1S/C14H28N2O2/c1-10-8-11(2)12(3)16(9-10)7-6-14(4,15-5)13(17)18/h10-12,15H,6-9H2,1-5H3,(H,17,18). The summed E-state index contributed by atoms with van der Waals surface area (Å²) in [4.78, 5) is 13.7. The summed E-state index contributed by atoms with van der Waals surface area (Å²) >= 11 is 0. The summed E-state index contributed by atoms with van der Waals surface area (Å²) in [6.45, 7) is 10.5. The molecule has 18 heavy (non-hydrogen) atoms. The van der Waals surface area contributed by atoms with Gasteiger partial charge >= 0.3 is 5.97 Å². The highest BCUT2D eigenvalue weighted by molar-refractivity contribution is 5.78. The van der Waals surface area contributed by atoms with Crippen LogP contribution in [0.5, 0.6) is 0 Å². The molecular formula is C14H28N2O2. The predicted octanol–water partition coefficient (Wildman–Crippen LogP) is 1.81. The molecule has 1 aliphatic heterocycles. The van der Waals surface area contributed by atoms with E-state index in [0.717, 1.165) is 13.1 Å². The van der Waals surface area contributed by atoms with Crippen LogP contribution in [0, 0.1) is 11.8 Å². The summed E-state index contributed by atoms with van der Waals surface area (Å²) in [5.74, 6) is 0.636. The molecule has 4 unspecified atom stereocenters. The number of hydrogen-bond acceptors (Lipinski definition) is 3. The Labute approximate surface area is 111 Å². The van der Waals surface area contributed by atoms with Gasteiger partial charge in [-0.25, -0.2) is 0 Å². The van der Waals surface area contributed by atoms with E-state index < -0.39 is 11.5 Å². The van der Waals surface area contributed by atoms with E-state index in [-0.39, 0.29) is 0 Å². The van der Waals surface area contributed by atoms with Crippen molar-refractivity contribution in [3.05, 3.63) is 0 Å². The van der Waals surface area contributed by atoms with Crippen molar-refractivity contribution in [3.8, 4) is 0 Å². The van der Waals surface area contributed by atoms with E-state index >= 15 is 0 Å². The minimum atomic E-state index is -0.816. The molecule has 1 fully saturated rings. The first-order chi connectivity index (χ1) is 8.30. The van der Waals surface area contributed by atoms with Gasteiger partial charge in [0.15, 0.2) is 0 Å². The van der Waals surface area contributed by atoms with Crippen LogP contribution in [0.2, 0.25) is 0 Å². The van der Waals surface area contributed by atoms with Crippen molar-refractivity contribution < 1.29 is 9.90 Å². The molecule has 0 aliphatic carbocycles. The Morgan fingerprint density at radius 1 is 1.44 bits per heavy atom. The maximum absolute atomic E-state index is 11.3. The third-order valence-electron chi connectivity index (χ3n) is 4.64. The monoisotopic (exact) mass is 256 g/mol. The second-order valence-corrected chi connectivity index (χ2v) is 6.19. The summed E-state index contributed by atoms with van der Waals surface area (Å²) in [6.07, 6.45) is 1.92. The van der Waals surface area contributed by atoms with Crippen LogP contribution in [-0.2, 0) is 4.79 Å². The van der Waals surface area contributed by atoms with E-state index in [9.17, 15) is 9.90 Å². The highest BCUT2D eigenvalue weighted by Crippen LogP contribution is 2.27. The fourth-order valence-electron chi connectivity index (χ4n) is 2.83. The van der Waals surface area contributed by atoms with E-state index in [0.29, 0.717) is 24.3 Å². The molecule has 2 N–H and O–H groups in total. The van der Waals surface area contributed by atoms with Crippen molar-refractivity contribution in [2.45, 2.75) is 52.1 Å². The second-order valence-electron chi connectivity index (χ2n) is 6.19. The maximum atomic E-state index is 11.3. The fraction of sp³-hybridized carbons (Fsp3) is 0.929. The number of nitrogens with zero attached hydrogens (tertiary/aromatic N) is 1. The highest BCUT2D eigenvalue weighted by Gasteiger charge is 2.34. The molecule has 4 heteroatoms. The lowest BCUT2D eigenvalue weighted by Gasteiger charge is -2.42. The summed E-state index contributed by atoms with van der Waals surface area (Å²) in [5, 5.41) is 12.2. The molecule has 1 aliphatic rings. The molecule has 1 heterocycles. The van der Waals surface area contributed by atoms with Gasteiger partial charge in [-0.3, -0.25) is 4.79 Å². The Balaban J connectivity index is 2.58. The van der Waals surface area contributed by atoms with Gasteiger partial charge in [0, 0.05) is 19.1 Å². The van der Waals surface area contributed by atoms with E-state index in [1.807, 2.05) is 0 Å². The van der Waals surface area contributed by atoms with Crippen LogP contribution in [0.25, 0.3) is 0 Å². The van der Waals surface area contributed by atoms with E-state index in [1.54, 1.807) is 14.0 Å². The van der Waals surface area contributed by atoms with Crippen LogP contribution in [0.3, 0.4) is 0 Å². The largest absolute Gasteiger partial charge is 0.480 e. The van der Waals surface area contributed by atoms with Crippen molar-refractivity contribution in [2.75, 3.05) is 20.1 Å². The van der Waals surface area contributed by atoms with Gasteiger partial charge in [-0.1, -0.05) is 13.8 Å². The average Bonchev–Trinajstić information content (AvgIpc) is 2.31. The van der Waals surface area contributed by atoms with Crippen molar-refractivity contribution in [3.63, 3.8) is 0 Å². The van der Waals surface area contributed by atoms with Crippen molar-refractivity contribution >= 4 is 5.97 Å². The lowest BCUT2D eigenvalue weighted by Crippen LogP contribution is -2.52. The number of nitrogens with one attached hydrogen (secondary N) is 1. The van der Waals surface area contributed by atoms with E-state index in [1.165, 1.54) is 6.42 Å². The summed E-state index contributed by atoms with van der Waals surface area (Å²) in [7, 11) is 1.72. The third kappa shape index (κ3) is 3.45. The average molecular weight is 256 g/mol. The first-order valence-corrected chi connectivity index (χ1v) is 6.96. The third-order valence-corrected chi connectivity index (χ3v) is 4.64. The summed E-state index contributed by atoms with van der Waals surface area (Å²) in [6, 6.07) is 0.552. The van der Waals surface area contributed by atoms with Gasteiger partial charge in [0.1, 0.15) is 5.54 Å². The quantitative estimate of drug-likeness (QED) is 0.787. The molecule has 1 saturated heterocycles. The molecule has 0 spiro atoms. The molecule has 0 aromatic rings. The zero-order chi connectivity index (χ0) is 13.9. The van der Waals surface area contributed by atoms with Crippen LogP contribution < -0.4 is 5.32 Å². The molecule has 0 saturated carbocycles. The Morgan fingerprint density at radius 3 is 2.56 bits per heavy atom. The molecule has 0 amide bonds.